The quantitative estimate of drug-likeness (QED) is 0.173. The molecule has 7 aromatic carbocycles. The average molecular weight is 986 g/mol. The minimum Gasteiger partial charge on any atom is -0.355 e. The van der Waals surface area contributed by atoms with E-state index in [1.165, 1.54) is 148 Å². The molecule has 383 valence electrons. The highest BCUT2D eigenvalue weighted by Gasteiger charge is 2.45. The molecule has 1 heterocycles. The summed E-state index contributed by atoms with van der Waals surface area (Å²) in [5, 5.41) is 4.24. The number of nitrogens with zero attached hydrogens (tertiary/aromatic N) is 1. The number of benzene rings is 7. The van der Waals surface area contributed by atoms with Crippen LogP contribution in [-0.2, 0) is 37.9 Å². The molecule has 2 nitrogen and oxygen atoms in total. The molecule has 1 radical (unpaired) electrons. The van der Waals surface area contributed by atoms with E-state index in [0.29, 0.717) is 0 Å². The smallest absolute Gasteiger partial charge is 0.197 e. The zero-order valence-corrected chi connectivity index (χ0v) is 48.7. The molecule has 0 spiro atoms. The average Bonchev–Trinajstić information content (AvgIpc) is 3.79. The number of hydrogen-bond donors (Lipinski definition) is 1. The van der Waals surface area contributed by atoms with Crippen LogP contribution in [0, 0.1) is 20.8 Å². The van der Waals surface area contributed by atoms with Crippen molar-refractivity contribution in [1.29, 1.82) is 0 Å². The van der Waals surface area contributed by atoms with Crippen molar-refractivity contribution in [1.82, 2.24) is 0 Å². The van der Waals surface area contributed by atoms with E-state index in [2.05, 4.69) is 244 Å². The number of nitrogens with one attached hydrogen (secondary N) is 1. The Morgan fingerprint density at radius 1 is 0.413 bits per heavy atom. The number of aryl methyl sites for hydroxylation is 3. The van der Waals surface area contributed by atoms with Gasteiger partial charge < -0.3 is 10.2 Å². The molecule has 4 aliphatic carbocycles. The first-order valence-electron chi connectivity index (χ1n) is 28.6. The van der Waals surface area contributed by atoms with Gasteiger partial charge in [-0.25, -0.2) is 0 Å². The van der Waals surface area contributed by atoms with Gasteiger partial charge in [-0.3, -0.25) is 0 Å². The van der Waals surface area contributed by atoms with E-state index in [1.807, 2.05) is 0 Å². The molecule has 0 atom stereocenters. The van der Waals surface area contributed by atoms with Gasteiger partial charge in [-0.1, -0.05) is 169 Å². The summed E-state index contributed by atoms with van der Waals surface area (Å²) in [6.07, 6.45) is 7.04. The molecule has 75 heavy (non-hydrogen) atoms. The Morgan fingerprint density at radius 3 is 1.59 bits per heavy atom. The summed E-state index contributed by atoms with van der Waals surface area (Å²) in [5.74, 6) is 0. The van der Waals surface area contributed by atoms with Crippen molar-refractivity contribution in [2.24, 2.45) is 0 Å². The Balaban J connectivity index is 1.19. The predicted molar refractivity (Wildman–Crippen MR) is 324 cm³/mol. The minimum atomic E-state index is -0.232. The molecule has 1 aliphatic heterocycles. The van der Waals surface area contributed by atoms with Crippen molar-refractivity contribution in [2.75, 3.05) is 10.2 Å². The Bertz CT molecular complexity index is 3550. The fraction of sp³-hybridized carbons (Fsp3) is 0.417. The maximum Gasteiger partial charge on any atom is 0.197 e. The standard InChI is InChI=1S/C72H82BN2/c1-42-21-20-22-43(2)62(42)45-36-50(49-39-55-56(70(12,13)33-32-69(55,10)11)40-59(49)74-46-25-27-52-54(38-46)68(8,9)30-29-66(52,4)5)64-61(37-45)75(60-41-57-53(35-44(60)3)67(6,7)31-34-71(57,14)15)65-58(73-64)28-26-48-47-23-18-19-24-51(47)72(16,17)63(48)65/h18-28,35-41,74H,29-34H2,1-17H3. The molecule has 0 fully saturated rings. The van der Waals surface area contributed by atoms with Crippen molar-refractivity contribution in [3.63, 3.8) is 0 Å². The first-order valence-corrected chi connectivity index (χ1v) is 28.6. The van der Waals surface area contributed by atoms with Crippen LogP contribution in [0.3, 0.4) is 0 Å². The number of rotatable bonds is 5. The zero-order chi connectivity index (χ0) is 53.3. The molecular formula is C72H82BN2. The molecular weight excluding hydrogens is 904 g/mol. The van der Waals surface area contributed by atoms with Gasteiger partial charge in [-0.2, -0.15) is 0 Å². The predicted octanol–water partition coefficient (Wildman–Crippen LogP) is 18.5. The highest BCUT2D eigenvalue weighted by atomic mass is 15.2. The third-order valence-corrected chi connectivity index (χ3v) is 20.2. The summed E-state index contributed by atoms with van der Waals surface area (Å²) in [7, 11) is 2.58. The van der Waals surface area contributed by atoms with E-state index in [1.54, 1.807) is 0 Å². The highest BCUT2D eigenvalue weighted by molar-refractivity contribution is 6.73. The lowest BCUT2D eigenvalue weighted by molar-refractivity contribution is 0.332. The summed E-state index contributed by atoms with van der Waals surface area (Å²) >= 11 is 0. The lowest BCUT2D eigenvalue weighted by atomic mass is 9.56. The first kappa shape index (κ1) is 50.0. The maximum absolute atomic E-state index is 4.24. The lowest BCUT2D eigenvalue weighted by Gasteiger charge is -2.44. The molecule has 1 N–H and O–H groups in total. The van der Waals surface area contributed by atoms with Crippen molar-refractivity contribution in [2.45, 2.75) is 194 Å². The van der Waals surface area contributed by atoms with Crippen LogP contribution in [-0.4, -0.2) is 7.28 Å². The highest BCUT2D eigenvalue weighted by Crippen LogP contribution is 2.58. The van der Waals surface area contributed by atoms with Crippen LogP contribution in [0.15, 0.2) is 109 Å². The Kier molecular flexibility index (Phi) is 10.9. The fourth-order valence-electron chi connectivity index (χ4n) is 15.1. The molecule has 3 heteroatoms. The van der Waals surface area contributed by atoms with Crippen LogP contribution in [0.25, 0.3) is 33.4 Å². The summed E-state index contributed by atoms with van der Waals surface area (Å²) < 4.78 is 0. The molecule has 0 amide bonds. The van der Waals surface area contributed by atoms with Gasteiger partial charge in [0.05, 0.1) is 0 Å². The van der Waals surface area contributed by atoms with E-state index in [4.69, 9.17) is 0 Å². The minimum absolute atomic E-state index is 0.00809. The van der Waals surface area contributed by atoms with Crippen molar-refractivity contribution in [3.8, 4) is 33.4 Å². The van der Waals surface area contributed by atoms with E-state index >= 15 is 0 Å². The van der Waals surface area contributed by atoms with Crippen molar-refractivity contribution < 1.29 is 0 Å². The van der Waals surface area contributed by atoms with E-state index in [-0.39, 0.29) is 37.9 Å². The monoisotopic (exact) mass is 986 g/mol. The molecule has 7 aromatic rings. The van der Waals surface area contributed by atoms with Gasteiger partial charge in [0.2, 0.25) is 0 Å². The number of fused-ring (bicyclic) bond motifs is 9. The second kappa shape index (κ2) is 16.4. The molecule has 0 unspecified atom stereocenters. The number of anilines is 5. The fourth-order valence-corrected chi connectivity index (χ4v) is 15.1. The van der Waals surface area contributed by atoms with Crippen LogP contribution in [0.2, 0.25) is 0 Å². The molecule has 0 saturated carbocycles. The van der Waals surface area contributed by atoms with Gasteiger partial charge in [0.1, 0.15) is 0 Å². The summed E-state index contributed by atoms with van der Waals surface area (Å²) in [4.78, 5) is 2.76. The second-order valence-corrected chi connectivity index (χ2v) is 28.6. The summed E-state index contributed by atoms with van der Waals surface area (Å²) in [6, 6.07) is 43.8. The van der Waals surface area contributed by atoms with Crippen molar-refractivity contribution in [3.05, 3.63) is 170 Å². The number of hydrogen-bond acceptors (Lipinski definition) is 2. The Morgan fingerprint density at radius 2 is 0.960 bits per heavy atom. The normalized spacial score (nSPS) is 20.0. The van der Waals surface area contributed by atoms with Crippen LogP contribution in [0.4, 0.5) is 28.4 Å². The lowest BCUT2D eigenvalue weighted by Crippen LogP contribution is -2.43. The van der Waals surface area contributed by atoms with E-state index in [0.717, 1.165) is 24.9 Å². The van der Waals surface area contributed by atoms with Gasteiger partial charge in [-0.05, 0) is 229 Å². The molecule has 12 rings (SSSR count). The van der Waals surface area contributed by atoms with E-state index in [9.17, 15) is 0 Å². The summed E-state index contributed by atoms with van der Waals surface area (Å²) in [6.45, 7) is 41.5. The Hall–Kier alpha value is -5.80. The van der Waals surface area contributed by atoms with Gasteiger partial charge >= 0.3 is 0 Å². The summed E-state index contributed by atoms with van der Waals surface area (Å²) in [5.41, 5.74) is 32.3. The second-order valence-electron chi connectivity index (χ2n) is 28.6. The topological polar surface area (TPSA) is 15.3 Å². The van der Waals surface area contributed by atoms with Crippen LogP contribution in [0.5, 0.6) is 0 Å². The van der Waals surface area contributed by atoms with Gasteiger partial charge in [0.25, 0.3) is 0 Å². The molecule has 5 aliphatic rings. The Labute approximate surface area is 452 Å². The first-order chi connectivity index (χ1) is 35.1. The van der Waals surface area contributed by atoms with Crippen LogP contribution in [0.1, 0.15) is 197 Å². The molecule has 0 bridgehead atoms. The zero-order valence-electron chi connectivity index (χ0n) is 48.7. The third kappa shape index (κ3) is 7.61. The SMILES string of the molecule is Cc1cc2c(cc1N1c3cc(-c4c(C)cccc4C)cc(-c4cc5c(cc4Nc4ccc6c(c4)C(C)(C)CCC6(C)C)C(C)(C)CCC5(C)C)c3[B]c3ccc4c(c31)C(C)(C)c1ccccc1-4)C(C)(C)CCC2(C)C. The maximum atomic E-state index is 4.24. The van der Waals surface area contributed by atoms with E-state index < -0.39 is 0 Å². The van der Waals surface area contributed by atoms with Gasteiger partial charge in [0, 0.05) is 39.4 Å². The van der Waals surface area contributed by atoms with Crippen molar-refractivity contribution >= 4 is 46.6 Å². The third-order valence-electron chi connectivity index (χ3n) is 20.2. The van der Waals surface area contributed by atoms with Crippen LogP contribution < -0.4 is 21.1 Å². The van der Waals surface area contributed by atoms with Gasteiger partial charge in [-0.15, -0.1) is 0 Å². The molecule has 0 aromatic heterocycles. The largest absolute Gasteiger partial charge is 0.355 e. The van der Waals surface area contributed by atoms with Gasteiger partial charge in [0.15, 0.2) is 7.28 Å². The van der Waals surface area contributed by atoms with Crippen LogP contribution >= 0.6 is 0 Å². The molecule has 0 saturated heterocycles.